The van der Waals surface area contributed by atoms with Gasteiger partial charge >= 0.3 is 17.9 Å². The molecule has 0 heterocycles. The number of allylic oxidation sites excluding steroid dienone is 2. The summed E-state index contributed by atoms with van der Waals surface area (Å²) in [5.41, 5.74) is 3.19. The lowest BCUT2D eigenvalue weighted by atomic mass is 9.43. The molecule has 3 unspecified atom stereocenters. The van der Waals surface area contributed by atoms with Crippen molar-refractivity contribution >= 4 is 23.7 Å². The fourth-order valence-corrected chi connectivity index (χ4v) is 10.3. The number of ketones is 1. The SMILES string of the molecule is CC(C(=O)O)C(C)C(=O)C[C@@H](C)[C@H]1CC[C@@]2(C)C3=C(CC[C@]12C)[C@@]1(C)CC[C@@H](OC(=O)CC(=O)O)C(C)(C)C1CC3. The van der Waals surface area contributed by atoms with Crippen molar-refractivity contribution in [2.45, 2.75) is 126 Å². The number of aliphatic carboxylic acids is 2. The molecule has 0 bridgehead atoms. The number of fused-ring (bicyclic) bond motifs is 4. The number of Topliss-reactive ketones (excluding diaryl/α,β-unsaturated/α-hetero) is 1. The zero-order valence-electron chi connectivity index (χ0n) is 26.5. The molecule has 7 nitrogen and oxygen atoms in total. The summed E-state index contributed by atoms with van der Waals surface area (Å²) in [6.07, 6.45) is 7.67. The van der Waals surface area contributed by atoms with Gasteiger partial charge in [0.2, 0.25) is 0 Å². The molecule has 4 aliphatic carbocycles. The molecule has 41 heavy (non-hydrogen) atoms. The number of carboxylic acids is 2. The quantitative estimate of drug-likeness (QED) is 0.172. The van der Waals surface area contributed by atoms with Crippen molar-refractivity contribution in [3.05, 3.63) is 11.1 Å². The van der Waals surface area contributed by atoms with Gasteiger partial charge in [0.05, 0.1) is 5.92 Å². The number of hydrogen-bond acceptors (Lipinski definition) is 5. The van der Waals surface area contributed by atoms with Crippen molar-refractivity contribution in [2.75, 3.05) is 0 Å². The van der Waals surface area contributed by atoms with Crippen molar-refractivity contribution in [2.24, 2.45) is 51.2 Å². The second-order valence-corrected chi connectivity index (χ2v) is 15.3. The third-order valence-corrected chi connectivity index (χ3v) is 13.2. The number of carboxylic acid groups (broad SMARTS) is 2. The van der Waals surface area contributed by atoms with Crippen molar-refractivity contribution in [3.8, 4) is 0 Å². The minimum absolute atomic E-state index is 0.0270. The Morgan fingerprint density at radius 2 is 1.51 bits per heavy atom. The van der Waals surface area contributed by atoms with E-state index in [4.69, 9.17) is 9.84 Å². The topological polar surface area (TPSA) is 118 Å². The number of carbonyl (C=O) groups excluding carboxylic acids is 2. The van der Waals surface area contributed by atoms with E-state index in [1.807, 2.05) is 0 Å². The van der Waals surface area contributed by atoms with E-state index < -0.39 is 36.2 Å². The Hall–Kier alpha value is -2.18. The van der Waals surface area contributed by atoms with E-state index in [0.29, 0.717) is 18.3 Å². The standard InChI is InChI=1S/C34H52O7/c1-19(17-25(35)20(2)21(3)30(39)40)22-11-15-34(8)24-9-10-26-31(4,5)27(41-29(38)18-28(36)37)13-14-32(26,6)23(24)12-16-33(22,34)7/h19-22,26-27H,9-18H2,1-8H3,(H,36,37)(H,39,40)/t19-,20?,21?,22-,26?,27-,32-,33-,34+/m1/s1. The summed E-state index contributed by atoms with van der Waals surface area (Å²) in [5.74, 6) is -2.81. The van der Waals surface area contributed by atoms with E-state index in [1.165, 1.54) is 0 Å². The normalized spacial score (nSPS) is 38.1. The van der Waals surface area contributed by atoms with Gasteiger partial charge in [-0.25, -0.2) is 0 Å². The van der Waals surface area contributed by atoms with Crippen molar-refractivity contribution in [1.82, 2.24) is 0 Å². The highest BCUT2D eigenvalue weighted by Gasteiger charge is 2.63. The lowest BCUT2D eigenvalue weighted by molar-refractivity contribution is -0.172. The Labute approximate surface area is 245 Å². The van der Waals surface area contributed by atoms with Gasteiger partial charge in [-0.3, -0.25) is 19.2 Å². The highest BCUT2D eigenvalue weighted by Crippen LogP contribution is 2.72. The molecular formula is C34H52O7. The molecule has 0 aliphatic heterocycles. The predicted octanol–water partition coefficient (Wildman–Crippen LogP) is 7.07. The number of rotatable bonds is 9. The molecule has 0 aromatic heterocycles. The molecule has 0 saturated heterocycles. The van der Waals surface area contributed by atoms with E-state index in [1.54, 1.807) is 25.0 Å². The minimum Gasteiger partial charge on any atom is -0.481 e. The molecule has 2 N–H and O–H groups in total. The Morgan fingerprint density at radius 1 is 0.854 bits per heavy atom. The van der Waals surface area contributed by atoms with Gasteiger partial charge in [-0.1, -0.05) is 66.5 Å². The third kappa shape index (κ3) is 5.07. The van der Waals surface area contributed by atoms with Crippen LogP contribution in [0, 0.1) is 51.2 Å². The van der Waals surface area contributed by atoms with Crippen LogP contribution in [0.4, 0.5) is 0 Å². The molecule has 7 heteroatoms. The number of ether oxygens (including phenoxy) is 1. The van der Waals surface area contributed by atoms with Gasteiger partial charge < -0.3 is 14.9 Å². The summed E-state index contributed by atoms with van der Waals surface area (Å²) >= 11 is 0. The summed E-state index contributed by atoms with van der Waals surface area (Å²) in [6.45, 7) is 17.3. The highest BCUT2D eigenvalue weighted by atomic mass is 16.5. The zero-order chi connectivity index (χ0) is 30.7. The lowest BCUT2D eigenvalue weighted by Crippen LogP contribution is -2.56. The van der Waals surface area contributed by atoms with Crippen LogP contribution in [-0.2, 0) is 23.9 Å². The largest absolute Gasteiger partial charge is 0.481 e. The van der Waals surface area contributed by atoms with Crippen molar-refractivity contribution < 1.29 is 34.1 Å². The predicted molar refractivity (Wildman–Crippen MR) is 156 cm³/mol. The first kappa shape index (κ1) is 31.7. The molecule has 4 rings (SSSR count). The summed E-state index contributed by atoms with van der Waals surface area (Å²) < 4.78 is 5.77. The van der Waals surface area contributed by atoms with Crippen LogP contribution in [0.15, 0.2) is 11.1 Å². The maximum Gasteiger partial charge on any atom is 0.317 e. The Kier molecular flexibility index (Phi) is 8.38. The average molecular weight is 573 g/mol. The van der Waals surface area contributed by atoms with Crippen LogP contribution >= 0.6 is 0 Å². The third-order valence-electron chi connectivity index (χ3n) is 13.2. The van der Waals surface area contributed by atoms with Gasteiger partial charge in [0.15, 0.2) is 0 Å². The number of hydrogen-bond donors (Lipinski definition) is 2. The molecule has 2 fully saturated rings. The maximum atomic E-state index is 13.1. The van der Waals surface area contributed by atoms with Gasteiger partial charge in [0.1, 0.15) is 18.3 Å². The van der Waals surface area contributed by atoms with Gasteiger partial charge in [0, 0.05) is 17.8 Å². The summed E-state index contributed by atoms with van der Waals surface area (Å²) in [4.78, 5) is 47.9. The van der Waals surface area contributed by atoms with E-state index in [2.05, 4.69) is 41.5 Å². The second-order valence-electron chi connectivity index (χ2n) is 15.3. The van der Waals surface area contributed by atoms with Crippen LogP contribution in [0.2, 0.25) is 0 Å². The molecular weight excluding hydrogens is 520 g/mol. The van der Waals surface area contributed by atoms with Crippen LogP contribution in [0.5, 0.6) is 0 Å². The second kappa shape index (κ2) is 10.8. The first-order chi connectivity index (χ1) is 18.9. The van der Waals surface area contributed by atoms with E-state index in [-0.39, 0.29) is 39.5 Å². The van der Waals surface area contributed by atoms with Crippen LogP contribution in [-0.4, -0.2) is 40.0 Å². The molecule has 0 radical (unpaired) electrons. The Bertz CT molecular complexity index is 1140. The van der Waals surface area contributed by atoms with Crippen LogP contribution in [0.25, 0.3) is 0 Å². The molecule has 0 spiro atoms. The fraction of sp³-hybridized carbons (Fsp3) is 0.824. The maximum absolute atomic E-state index is 13.1. The summed E-state index contributed by atoms with van der Waals surface area (Å²) in [7, 11) is 0. The lowest BCUT2D eigenvalue weighted by Gasteiger charge is -2.62. The fourth-order valence-electron chi connectivity index (χ4n) is 10.3. The van der Waals surface area contributed by atoms with Crippen LogP contribution in [0.1, 0.15) is 120 Å². The van der Waals surface area contributed by atoms with Crippen molar-refractivity contribution in [3.63, 3.8) is 0 Å². The first-order valence-electron chi connectivity index (χ1n) is 15.8. The molecule has 230 valence electrons. The Balaban J connectivity index is 1.56. The van der Waals surface area contributed by atoms with E-state index in [9.17, 15) is 24.3 Å². The van der Waals surface area contributed by atoms with Gasteiger partial charge in [-0.2, -0.15) is 0 Å². The van der Waals surface area contributed by atoms with E-state index >= 15 is 0 Å². The molecule has 0 amide bonds. The summed E-state index contributed by atoms with van der Waals surface area (Å²) in [6, 6.07) is 0. The Morgan fingerprint density at radius 3 is 2.12 bits per heavy atom. The number of esters is 1. The minimum atomic E-state index is -1.16. The van der Waals surface area contributed by atoms with Gasteiger partial charge in [0.25, 0.3) is 0 Å². The molecule has 0 aromatic rings. The highest BCUT2D eigenvalue weighted by molar-refractivity contribution is 5.90. The van der Waals surface area contributed by atoms with Crippen molar-refractivity contribution in [1.29, 1.82) is 0 Å². The first-order valence-corrected chi connectivity index (χ1v) is 15.8. The van der Waals surface area contributed by atoms with Crippen LogP contribution in [0.3, 0.4) is 0 Å². The van der Waals surface area contributed by atoms with Gasteiger partial charge in [-0.15, -0.1) is 0 Å². The average Bonchev–Trinajstić information content (AvgIpc) is 3.15. The molecule has 9 atom stereocenters. The molecule has 4 aliphatic rings. The van der Waals surface area contributed by atoms with E-state index in [0.717, 1.165) is 51.4 Å². The molecule has 2 saturated carbocycles. The molecule has 0 aromatic carbocycles. The van der Waals surface area contributed by atoms with Crippen LogP contribution < -0.4 is 0 Å². The summed E-state index contributed by atoms with van der Waals surface area (Å²) in [5, 5.41) is 18.4. The number of carbonyl (C=O) groups is 4. The smallest absolute Gasteiger partial charge is 0.317 e. The monoisotopic (exact) mass is 572 g/mol. The van der Waals surface area contributed by atoms with Gasteiger partial charge in [-0.05, 0) is 85.4 Å². The zero-order valence-corrected chi connectivity index (χ0v) is 26.5.